The lowest BCUT2D eigenvalue weighted by atomic mass is 10.2. The van der Waals surface area contributed by atoms with E-state index in [2.05, 4.69) is 5.32 Å². The third-order valence-corrected chi connectivity index (χ3v) is 5.97. The van der Waals surface area contributed by atoms with Gasteiger partial charge in [-0.25, -0.2) is 8.42 Å². The number of hydrogen-bond acceptors (Lipinski definition) is 5. The molecule has 0 spiro atoms. The molecule has 3 aromatic carbocycles. The number of carbonyl (C=O) groups is 1. The van der Waals surface area contributed by atoms with Gasteiger partial charge in [0.2, 0.25) is 10.0 Å². The zero-order chi connectivity index (χ0) is 22.0. The second-order valence-corrected chi connectivity index (χ2v) is 9.28. The van der Waals surface area contributed by atoms with Gasteiger partial charge >= 0.3 is 0 Å². The minimum Gasteiger partial charge on any atom is -0.476 e. The molecule has 0 saturated carbocycles. The van der Waals surface area contributed by atoms with Crippen LogP contribution in [0.1, 0.15) is 0 Å². The highest BCUT2D eigenvalue weighted by atomic mass is 35.5. The lowest BCUT2D eigenvalue weighted by Crippen LogP contribution is -2.48. The molecule has 9 heteroatoms. The van der Waals surface area contributed by atoms with Crippen molar-refractivity contribution < 1.29 is 22.7 Å². The molecule has 0 radical (unpaired) electrons. The van der Waals surface area contributed by atoms with Crippen LogP contribution in [-0.4, -0.2) is 33.2 Å². The summed E-state index contributed by atoms with van der Waals surface area (Å²) >= 11 is 6.00. The number of anilines is 2. The molecule has 1 heterocycles. The molecule has 1 atom stereocenters. The number of benzene rings is 3. The highest BCUT2D eigenvalue weighted by Gasteiger charge is 2.35. The summed E-state index contributed by atoms with van der Waals surface area (Å²) in [6.07, 6.45) is 0.0484. The first-order valence-electron chi connectivity index (χ1n) is 9.37. The van der Waals surface area contributed by atoms with Crippen LogP contribution < -0.4 is 19.1 Å². The van der Waals surface area contributed by atoms with Gasteiger partial charge in [0.25, 0.3) is 5.91 Å². The van der Waals surface area contributed by atoms with E-state index >= 15 is 0 Å². The predicted octanol–water partition coefficient (Wildman–Crippen LogP) is 4.30. The number of hydrogen-bond donors (Lipinski definition) is 1. The fourth-order valence-corrected chi connectivity index (χ4v) is 4.20. The number of nitrogens with one attached hydrogen (secondary N) is 1. The van der Waals surface area contributed by atoms with Gasteiger partial charge in [-0.1, -0.05) is 29.8 Å². The van der Waals surface area contributed by atoms with Gasteiger partial charge in [-0.05, 0) is 54.6 Å². The molecule has 4 rings (SSSR count). The maximum atomic E-state index is 12.8. The van der Waals surface area contributed by atoms with Crippen molar-refractivity contribution in [3.63, 3.8) is 0 Å². The van der Waals surface area contributed by atoms with Crippen LogP contribution in [0.2, 0.25) is 5.02 Å². The molecule has 3 aromatic rings. The van der Waals surface area contributed by atoms with Crippen LogP contribution in [0.15, 0.2) is 72.8 Å². The van der Waals surface area contributed by atoms with Crippen LogP contribution in [0.4, 0.5) is 11.4 Å². The minimum absolute atomic E-state index is 0.160. The molecular weight excluding hydrogens is 440 g/mol. The van der Waals surface area contributed by atoms with Crippen LogP contribution in [0.3, 0.4) is 0 Å². The molecule has 1 N–H and O–H groups in total. The van der Waals surface area contributed by atoms with Crippen molar-refractivity contribution in [1.82, 2.24) is 0 Å². The maximum absolute atomic E-state index is 12.8. The Balaban J connectivity index is 1.48. The molecule has 0 saturated heterocycles. The Morgan fingerprint density at radius 2 is 1.74 bits per heavy atom. The van der Waals surface area contributed by atoms with Crippen molar-refractivity contribution in [2.24, 2.45) is 0 Å². The molecular formula is C22H19ClN2O5S. The Labute approximate surface area is 185 Å². The highest BCUT2D eigenvalue weighted by Crippen LogP contribution is 2.37. The van der Waals surface area contributed by atoms with Gasteiger partial charge in [0, 0.05) is 10.7 Å². The van der Waals surface area contributed by atoms with Gasteiger partial charge < -0.3 is 14.8 Å². The molecule has 1 aliphatic heterocycles. The fourth-order valence-electron chi connectivity index (χ4n) is 3.13. The molecule has 0 aromatic heterocycles. The molecule has 1 amide bonds. The third kappa shape index (κ3) is 4.92. The van der Waals surface area contributed by atoms with E-state index in [1.807, 2.05) is 30.3 Å². The van der Waals surface area contributed by atoms with Crippen LogP contribution in [0.5, 0.6) is 17.2 Å². The summed E-state index contributed by atoms with van der Waals surface area (Å²) in [6.45, 7) is -0.160. The second kappa shape index (κ2) is 8.49. The van der Waals surface area contributed by atoms with Crippen LogP contribution in [0.25, 0.3) is 0 Å². The number of ether oxygens (including phenoxy) is 2. The quantitative estimate of drug-likeness (QED) is 0.616. The Hall–Kier alpha value is -3.23. The molecule has 1 unspecified atom stereocenters. The number of fused-ring (bicyclic) bond motifs is 1. The number of halogens is 1. The lowest BCUT2D eigenvalue weighted by molar-refractivity contribution is -0.122. The van der Waals surface area contributed by atoms with Crippen LogP contribution in [-0.2, 0) is 14.8 Å². The number of carbonyl (C=O) groups excluding carboxylic acids is 1. The molecule has 1 aliphatic rings. The first kappa shape index (κ1) is 21.0. The Morgan fingerprint density at radius 1 is 1.06 bits per heavy atom. The maximum Gasteiger partial charge on any atom is 0.267 e. The van der Waals surface area contributed by atoms with Crippen molar-refractivity contribution in [1.29, 1.82) is 0 Å². The Morgan fingerprint density at radius 3 is 2.42 bits per heavy atom. The smallest absolute Gasteiger partial charge is 0.267 e. The standard InChI is InChI=1S/C22H19ClN2O5S/c1-31(27,28)25-14-21(30-20-12-7-15(23)13-19(20)25)22(26)24-16-8-10-18(11-9-16)29-17-5-3-2-4-6-17/h2-13,21H,14H2,1H3,(H,24,26). The van der Waals surface area contributed by atoms with Gasteiger partial charge in [0.15, 0.2) is 6.10 Å². The average Bonchev–Trinajstić information content (AvgIpc) is 2.74. The molecule has 160 valence electrons. The molecule has 0 aliphatic carbocycles. The highest BCUT2D eigenvalue weighted by molar-refractivity contribution is 7.92. The van der Waals surface area contributed by atoms with Gasteiger partial charge in [-0.3, -0.25) is 9.10 Å². The van der Waals surface area contributed by atoms with Crippen LogP contribution >= 0.6 is 11.6 Å². The van der Waals surface area contributed by atoms with Gasteiger partial charge in [0.1, 0.15) is 17.2 Å². The topological polar surface area (TPSA) is 84.9 Å². The summed E-state index contributed by atoms with van der Waals surface area (Å²) in [4.78, 5) is 12.8. The van der Waals surface area contributed by atoms with E-state index in [0.717, 1.165) is 10.6 Å². The van der Waals surface area contributed by atoms with Crippen molar-refractivity contribution in [3.05, 3.63) is 77.8 Å². The lowest BCUT2D eigenvalue weighted by Gasteiger charge is -2.34. The average molecular weight is 459 g/mol. The normalized spacial score (nSPS) is 15.5. The van der Waals surface area contributed by atoms with Crippen molar-refractivity contribution in [2.45, 2.75) is 6.10 Å². The summed E-state index contributed by atoms with van der Waals surface area (Å²) in [5.41, 5.74) is 0.836. The molecule has 31 heavy (non-hydrogen) atoms. The summed E-state index contributed by atoms with van der Waals surface area (Å²) in [5, 5.41) is 3.12. The van der Waals surface area contributed by atoms with E-state index in [1.165, 1.54) is 6.07 Å². The predicted molar refractivity (Wildman–Crippen MR) is 120 cm³/mol. The zero-order valence-corrected chi connectivity index (χ0v) is 18.1. The summed E-state index contributed by atoms with van der Waals surface area (Å²) in [5.74, 6) is 1.13. The first-order valence-corrected chi connectivity index (χ1v) is 11.6. The van der Waals surface area contributed by atoms with E-state index in [-0.39, 0.29) is 12.3 Å². The SMILES string of the molecule is CS(=O)(=O)N1CC(C(=O)Nc2ccc(Oc3ccccc3)cc2)Oc2ccc(Cl)cc21. The van der Waals surface area contributed by atoms with E-state index in [9.17, 15) is 13.2 Å². The fraction of sp³-hybridized carbons (Fsp3) is 0.136. The molecule has 7 nitrogen and oxygen atoms in total. The number of amides is 1. The minimum atomic E-state index is -3.63. The number of sulfonamides is 1. The van der Waals surface area contributed by atoms with Crippen LogP contribution in [0, 0.1) is 0 Å². The van der Waals surface area contributed by atoms with E-state index < -0.39 is 22.0 Å². The monoisotopic (exact) mass is 458 g/mol. The molecule has 0 bridgehead atoms. The van der Waals surface area contributed by atoms with E-state index in [1.54, 1.807) is 36.4 Å². The Kier molecular flexibility index (Phi) is 5.75. The second-order valence-electron chi connectivity index (χ2n) is 6.94. The van der Waals surface area contributed by atoms with Gasteiger partial charge in [0.05, 0.1) is 18.5 Å². The van der Waals surface area contributed by atoms with Gasteiger partial charge in [-0.15, -0.1) is 0 Å². The third-order valence-electron chi connectivity index (χ3n) is 4.58. The first-order chi connectivity index (χ1) is 14.8. The Bertz CT molecular complexity index is 1200. The van der Waals surface area contributed by atoms with Crippen molar-refractivity contribution in [2.75, 3.05) is 22.4 Å². The van der Waals surface area contributed by atoms with E-state index in [0.29, 0.717) is 27.9 Å². The van der Waals surface area contributed by atoms with Gasteiger partial charge in [-0.2, -0.15) is 0 Å². The zero-order valence-electron chi connectivity index (χ0n) is 16.5. The number of para-hydroxylation sites is 1. The van der Waals surface area contributed by atoms with Crippen molar-refractivity contribution >= 4 is 38.9 Å². The summed E-state index contributed by atoms with van der Waals surface area (Å²) in [7, 11) is -3.63. The number of nitrogens with zero attached hydrogens (tertiary/aromatic N) is 1. The van der Waals surface area contributed by atoms with Crippen molar-refractivity contribution in [3.8, 4) is 17.2 Å². The summed E-state index contributed by atoms with van der Waals surface area (Å²) in [6, 6.07) is 20.8. The van der Waals surface area contributed by atoms with E-state index in [4.69, 9.17) is 21.1 Å². The summed E-state index contributed by atoms with van der Waals surface area (Å²) < 4.78 is 37.1. The molecule has 0 fully saturated rings. The number of rotatable bonds is 5. The largest absolute Gasteiger partial charge is 0.476 e.